The second kappa shape index (κ2) is 8.99. The molecule has 31 heavy (non-hydrogen) atoms. The maximum Gasteiger partial charge on any atom is 0.243 e. The third-order valence-corrected chi connectivity index (χ3v) is 10.8. The van der Waals surface area contributed by atoms with Gasteiger partial charge in [0.05, 0.1) is 29.9 Å². The van der Waals surface area contributed by atoms with Crippen LogP contribution in [0.3, 0.4) is 0 Å². The van der Waals surface area contributed by atoms with Gasteiger partial charge in [-0.15, -0.1) is 0 Å². The summed E-state index contributed by atoms with van der Waals surface area (Å²) in [4.78, 5) is 0.0936. The average molecular weight is 546 g/mol. The van der Waals surface area contributed by atoms with E-state index >= 15 is 0 Å². The molecule has 0 saturated carbocycles. The van der Waals surface area contributed by atoms with Gasteiger partial charge in [0.2, 0.25) is 20.0 Å². The molecule has 170 valence electrons. The highest BCUT2D eigenvalue weighted by Gasteiger charge is 2.39. The molecule has 3 rings (SSSR count). The summed E-state index contributed by atoms with van der Waals surface area (Å²) < 4.78 is 55.5. The molecular weight excluding hydrogens is 526 g/mol. The summed E-state index contributed by atoms with van der Waals surface area (Å²) in [5.41, 5.74) is 0.923. The number of sulfonamides is 2. The van der Waals surface area contributed by atoms with Crippen molar-refractivity contribution in [3.05, 3.63) is 55.5 Å². The Hall–Kier alpha value is -0.580. The fourth-order valence-electron chi connectivity index (χ4n) is 3.56. The quantitative estimate of drug-likeness (QED) is 0.541. The number of halogens is 4. The predicted molar refractivity (Wildman–Crippen MR) is 125 cm³/mol. The Morgan fingerprint density at radius 1 is 0.742 bits per heavy atom. The van der Waals surface area contributed by atoms with E-state index in [4.69, 9.17) is 46.4 Å². The van der Waals surface area contributed by atoms with Gasteiger partial charge in [0.1, 0.15) is 0 Å². The maximum atomic E-state index is 13.3. The number of piperazine rings is 1. The van der Waals surface area contributed by atoms with Gasteiger partial charge in [0, 0.05) is 25.7 Å². The van der Waals surface area contributed by atoms with E-state index in [1.165, 1.54) is 32.9 Å². The van der Waals surface area contributed by atoms with E-state index in [-0.39, 0.29) is 49.5 Å². The smallest absolute Gasteiger partial charge is 0.207 e. The van der Waals surface area contributed by atoms with Gasteiger partial charge in [-0.1, -0.05) is 46.4 Å². The summed E-state index contributed by atoms with van der Waals surface area (Å²) in [5.74, 6) is 0. The Balaban J connectivity index is 1.90. The second-order valence-electron chi connectivity index (χ2n) is 7.39. The zero-order valence-corrected chi connectivity index (χ0v) is 21.5. The topological polar surface area (TPSA) is 74.8 Å². The molecule has 0 bridgehead atoms. The molecule has 0 N–H and O–H groups in total. The number of aryl methyl sites for hydroxylation is 2. The van der Waals surface area contributed by atoms with Crippen molar-refractivity contribution in [2.45, 2.75) is 36.6 Å². The van der Waals surface area contributed by atoms with Crippen LogP contribution < -0.4 is 0 Å². The molecule has 2 aromatic carbocycles. The zero-order valence-electron chi connectivity index (χ0n) is 16.9. The van der Waals surface area contributed by atoms with Gasteiger partial charge in [-0.25, -0.2) is 16.8 Å². The predicted octanol–water partition coefficient (Wildman–Crippen LogP) is 5.00. The van der Waals surface area contributed by atoms with Gasteiger partial charge < -0.3 is 0 Å². The molecule has 0 aromatic heterocycles. The van der Waals surface area contributed by atoms with E-state index in [2.05, 4.69) is 0 Å². The van der Waals surface area contributed by atoms with Gasteiger partial charge in [0.15, 0.2) is 0 Å². The first-order valence-corrected chi connectivity index (χ1v) is 13.6. The fraction of sp³-hybridized carbons (Fsp3) is 0.368. The van der Waals surface area contributed by atoms with Crippen LogP contribution in [0, 0.1) is 13.8 Å². The normalized spacial score (nSPS) is 19.0. The third-order valence-electron chi connectivity index (χ3n) is 5.17. The number of nitrogens with zero attached hydrogens (tertiary/aromatic N) is 2. The van der Waals surface area contributed by atoms with Crippen molar-refractivity contribution in [2.75, 3.05) is 19.6 Å². The van der Waals surface area contributed by atoms with Crippen molar-refractivity contribution >= 4 is 66.5 Å². The average Bonchev–Trinajstić information content (AvgIpc) is 2.66. The number of hydrogen-bond donors (Lipinski definition) is 0. The summed E-state index contributed by atoms with van der Waals surface area (Å²) >= 11 is 24.0. The monoisotopic (exact) mass is 544 g/mol. The highest BCUT2D eigenvalue weighted by atomic mass is 35.5. The van der Waals surface area contributed by atoms with E-state index in [0.29, 0.717) is 11.1 Å². The maximum absolute atomic E-state index is 13.3. The molecule has 1 aliphatic rings. The number of hydrogen-bond acceptors (Lipinski definition) is 4. The molecule has 0 aliphatic carbocycles. The Labute approximate surface area is 202 Å². The van der Waals surface area contributed by atoms with Crippen molar-refractivity contribution in [3.8, 4) is 0 Å². The first-order chi connectivity index (χ1) is 14.3. The fourth-order valence-corrected chi connectivity index (χ4v) is 8.05. The minimum atomic E-state index is -3.91. The highest BCUT2D eigenvalue weighted by Crippen LogP contribution is 2.33. The summed E-state index contributed by atoms with van der Waals surface area (Å²) in [6, 6.07) is 5.03. The Morgan fingerprint density at radius 3 is 1.61 bits per heavy atom. The molecule has 12 heteroatoms. The van der Waals surface area contributed by atoms with E-state index in [1.54, 1.807) is 20.8 Å². The van der Waals surface area contributed by atoms with Crippen molar-refractivity contribution in [1.82, 2.24) is 8.61 Å². The Kier molecular flexibility index (Phi) is 7.26. The van der Waals surface area contributed by atoms with Gasteiger partial charge in [0.25, 0.3) is 0 Å². The molecule has 1 saturated heterocycles. The lowest BCUT2D eigenvalue weighted by Gasteiger charge is -2.38. The van der Waals surface area contributed by atoms with Gasteiger partial charge >= 0.3 is 0 Å². The summed E-state index contributed by atoms with van der Waals surface area (Å²) in [5, 5.41) is 0.795. The Morgan fingerprint density at radius 2 is 1.16 bits per heavy atom. The first kappa shape index (κ1) is 25.1. The van der Waals surface area contributed by atoms with E-state index in [1.807, 2.05) is 0 Å². The van der Waals surface area contributed by atoms with Crippen LogP contribution in [0.4, 0.5) is 0 Å². The molecule has 1 fully saturated rings. The molecule has 6 nitrogen and oxygen atoms in total. The minimum absolute atomic E-state index is 0.00798. The second-order valence-corrected chi connectivity index (χ2v) is 12.8. The summed E-state index contributed by atoms with van der Waals surface area (Å²) in [6.45, 7) is 4.89. The summed E-state index contributed by atoms with van der Waals surface area (Å²) in [7, 11) is -7.79. The van der Waals surface area contributed by atoms with Crippen LogP contribution in [0.15, 0.2) is 34.1 Å². The number of benzene rings is 2. The molecule has 2 aromatic rings. The third kappa shape index (κ3) is 4.73. The van der Waals surface area contributed by atoms with Crippen LogP contribution in [0.1, 0.15) is 18.1 Å². The van der Waals surface area contributed by atoms with E-state index in [9.17, 15) is 16.8 Å². The van der Waals surface area contributed by atoms with Crippen LogP contribution in [0.25, 0.3) is 0 Å². The minimum Gasteiger partial charge on any atom is -0.207 e. The van der Waals surface area contributed by atoms with Gasteiger partial charge in [-0.3, -0.25) is 0 Å². The SMILES string of the molecule is Cc1cc(Cl)c(Cl)cc1S(=O)(=O)N1CCN(S(=O)(=O)c2cc(Cl)c(Cl)cc2C)C(C)C1. The lowest BCUT2D eigenvalue weighted by Crippen LogP contribution is -2.55. The van der Waals surface area contributed by atoms with Crippen LogP contribution in [0.5, 0.6) is 0 Å². The molecule has 1 heterocycles. The van der Waals surface area contributed by atoms with Crippen molar-refractivity contribution in [3.63, 3.8) is 0 Å². The first-order valence-electron chi connectivity index (χ1n) is 9.20. The lowest BCUT2D eigenvalue weighted by molar-refractivity contribution is 0.212. The van der Waals surface area contributed by atoms with Crippen LogP contribution >= 0.6 is 46.4 Å². The van der Waals surface area contributed by atoms with Crippen molar-refractivity contribution < 1.29 is 16.8 Å². The van der Waals surface area contributed by atoms with E-state index in [0.717, 1.165) is 0 Å². The Bertz CT molecular complexity index is 1250. The highest BCUT2D eigenvalue weighted by molar-refractivity contribution is 7.89. The van der Waals surface area contributed by atoms with Crippen LogP contribution in [-0.4, -0.2) is 51.1 Å². The largest absolute Gasteiger partial charge is 0.243 e. The van der Waals surface area contributed by atoms with Crippen molar-refractivity contribution in [2.24, 2.45) is 0 Å². The van der Waals surface area contributed by atoms with Crippen LogP contribution in [0.2, 0.25) is 20.1 Å². The molecule has 1 unspecified atom stereocenters. The lowest BCUT2D eigenvalue weighted by atomic mass is 10.2. The molecule has 0 spiro atoms. The van der Waals surface area contributed by atoms with Gasteiger partial charge in [-0.05, 0) is 56.2 Å². The molecule has 1 atom stereocenters. The van der Waals surface area contributed by atoms with Gasteiger partial charge in [-0.2, -0.15) is 8.61 Å². The standard InChI is InChI=1S/C19H20Cl4N2O4S2/c1-11-6-14(20)16(22)8-18(11)30(26,27)24-4-5-25(13(3)10-24)31(28,29)19-9-17(23)15(21)7-12(19)2/h6-9,13H,4-5,10H2,1-3H3. The number of rotatable bonds is 4. The molecule has 0 radical (unpaired) electrons. The zero-order chi connectivity index (χ0) is 23.3. The molecule has 0 amide bonds. The van der Waals surface area contributed by atoms with Crippen LogP contribution in [-0.2, 0) is 20.0 Å². The van der Waals surface area contributed by atoms with E-state index < -0.39 is 26.1 Å². The van der Waals surface area contributed by atoms with Crippen molar-refractivity contribution in [1.29, 1.82) is 0 Å². The summed E-state index contributed by atoms with van der Waals surface area (Å²) in [6.07, 6.45) is 0. The molecular formula is C19H20Cl4N2O4S2. The molecule has 1 aliphatic heterocycles.